The van der Waals surface area contributed by atoms with Crippen LogP contribution in [0.2, 0.25) is 5.02 Å². The fourth-order valence-corrected chi connectivity index (χ4v) is 2.34. The Bertz CT molecular complexity index is 852. The molecule has 4 nitrogen and oxygen atoms in total. The van der Waals surface area contributed by atoms with Gasteiger partial charge in [0.05, 0.1) is 11.2 Å². The third-order valence-corrected chi connectivity index (χ3v) is 3.57. The van der Waals surface area contributed by atoms with Gasteiger partial charge in [0.15, 0.2) is 5.69 Å². The third-order valence-electron chi connectivity index (χ3n) is 3.34. The van der Waals surface area contributed by atoms with Crippen molar-refractivity contribution in [1.82, 2.24) is 4.98 Å². The SMILES string of the molecule is Cc1ccc(C)c(N=Nc2c(O)[nH]c3ccc(Cl)cc23)c1. The van der Waals surface area contributed by atoms with E-state index >= 15 is 0 Å². The van der Waals surface area contributed by atoms with E-state index in [9.17, 15) is 5.11 Å². The third kappa shape index (κ3) is 2.62. The lowest BCUT2D eigenvalue weighted by Gasteiger charge is -2.00. The van der Waals surface area contributed by atoms with Crippen molar-refractivity contribution in [2.45, 2.75) is 13.8 Å². The van der Waals surface area contributed by atoms with E-state index in [0.717, 1.165) is 27.7 Å². The number of rotatable bonds is 2. The van der Waals surface area contributed by atoms with Gasteiger partial charge in [0.1, 0.15) is 0 Å². The quantitative estimate of drug-likeness (QED) is 0.598. The van der Waals surface area contributed by atoms with Crippen LogP contribution in [0, 0.1) is 13.8 Å². The second-order valence-electron chi connectivity index (χ2n) is 5.00. The van der Waals surface area contributed by atoms with E-state index in [-0.39, 0.29) is 5.88 Å². The molecule has 0 radical (unpaired) electrons. The average Bonchev–Trinajstić information content (AvgIpc) is 2.75. The highest BCUT2D eigenvalue weighted by Crippen LogP contribution is 2.37. The number of aryl methyl sites for hydroxylation is 2. The number of aromatic nitrogens is 1. The van der Waals surface area contributed by atoms with Gasteiger partial charge in [0.2, 0.25) is 5.88 Å². The van der Waals surface area contributed by atoms with Gasteiger partial charge in [-0.2, -0.15) is 5.11 Å². The summed E-state index contributed by atoms with van der Waals surface area (Å²) in [5.41, 5.74) is 4.09. The van der Waals surface area contributed by atoms with Crippen LogP contribution in [0.3, 0.4) is 0 Å². The predicted octanol–water partition coefficient (Wildman–Crippen LogP) is 5.56. The van der Waals surface area contributed by atoms with Crippen LogP contribution in [0.1, 0.15) is 11.1 Å². The zero-order valence-corrected chi connectivity index (χ0v) is 12.4. The molecule has 21 heavy (non-hydrogen) atoms. The summed E-state index contributed by atoms with van der Waals surface area (Å²) in [6, 6.07) is 11.3. The Morgan fingerprint density at radius 3 is 2.67 bits per heavy atom. The van der Waals surface area contributed by atoms with Crippen molar-refractivity contribution in [1.29, 1.82) is 0 Å². The van der Waals surface area contributed by atoms with E-state index in [4.69, 9.17) is 11.6 Å². The largest absolute Gasteiger partial charge is 0.493 e. The lowest BCUT2D eigenvalue weighted by molar-refractivity contribution is 0.459. The van der Waals surface area contributed by atoms with Crippen LogP contribution in [0.25, 0.3) is 10.9 Å². The molecule has 0 aliphatic carbocycles. The predicted molar refractivity (Wildman–Crippen MR) is 85.1 cm³/mol. The molecule has 0 unspecified atom stereocenters. The Morgan fingerprint density at radius 1 is 1.05 bits per heavy atom. The highest BCUT2D eigenvalue weighted by molar-refractivity contribution is 6.31. The molecular weight excluding hydrogens is 286 g/mol. The van der Waals surface area contributed by atoms with Crippen molar-refractivity contribution in [3.05, 3.63) is 52.5 Å². The van der Waals surface area contributed by atoms with Gasteiger partial charge in [0, 0.05) is 10.4 Å². The number of nitrogens with one attached hydrogen (secondary N) is 1. The Balaban J connectivity index is 2.09. The number of aromatic hydroxyl groups is 1. The molecule has 2 N–H and O–H groups in total. The molecule has 1 aromatic heterocycles. The minimum atomic E-state index is -0.0127. The minimum Gasteiger partial charge on any atom is -0.493 e. The van der Waals surface area contributed by atoms with Crippen molar-refractivity contribution in [2.24, 2.45) is 10.2 Å². The molecule has 0 fully saturated rings. The van der Waals surface area contributed by atoms with E-state index in [1.807, 2.05) is 32.0 Å². The fraction of sp³-hybridized carbons (Fsp3) is 0.125. The van der Waals surface area contributed by atoms with Gasteiger partial charge in [-0.05, 0) is 49.2 Å². The summed E-state index contributed by atoms with van der Waals surface area (Å²) in [5.74, 6) is -0.0127. The maximum absolute atomic E-state index is 9.97. The summed E-state index contributed by atoms with van der Waals surface area (Å²) in [6.45, 7) is 3.97. The summed E-state index contributed by atoms with van der Waals surface area (Å²) < 4.78 is 0. The lowest BCUT2D eigenvalue weighted by Crippen LogP contribution is -1.76. The number of azo groups is 1. The van der Waals surface area contributed by atoms with E-state index in [2.05, 4.69) is 15.2 Å². The first-order valence-corrected chi connectivity index (χ1v) is 6.91. The molecule has 0 bridgehead atoms. The maximum Gasteiger partial charge on any atom is 0.218 e. The highest BCUT2D eigenvalue weighted by atomic mass is 35.5. The summed E-state index contributed by atoms with van der Waals surface area (Å²) in [6.07, 6.45) is 0. The molecule has 3 rings (SSSR count). The van der Waals surface area contributed by atoms with E-state index in [0.29, 0.717) is 10.7 Å². The lowest BCUT2D eigenvalue weighted by atomic mass is 10.1. The van der Waals surface area contributed by atoms with E-state index in [1.54, 1.807) is 18.2 Å². The Kier molecular flexibility index (Phi) is 3.39. The number of fused-ring (bicyclic) bond motifs is 1. The molecule has 106 valence electrons. The number of aromatic amines is 1. The summed E-state index contributed by atoms with van der Waals surface area (Å²) in [7, 11) is 0. The monoisotopic (exact) mass is 299 g/mol. The van der Waals surface area contributed by atoms with E-state index < -0.39 is 0 Å². The van der Waals surface area contributed by atoms with Gasteiger partial charge in [-0.25, -0.2) is 0 Å². The molecule has 0 saturated carbocycles. The molecule has 0 saturated heterocycles. The standard InChI is InChI=1S/C16H14ClN3O/c1-9-3-4-10(2)14(7-9)19-20-15-12-8-11(17)5-6-13(12)18-16(15)21/h3-8,18,21H,1-2H3. The van der Waals surface area contributed by atoms with Crippen LogP contribution in [0.15, 0.2) is 46.6 Å². The van der Waals surface area contributed by atoms with Crippen LogP contribution < -0.4 is 0 Å². The molecule has 0 amide bonds. The van der Waals surface area contributed by atoms with E-state index in [1.165, 1.54) is 0 Å². The molecule has 1 heterocycles. The maximum atomic E-state index is 9.97. The molecular formula is C16H14ClN3O. The van der Waals surface area contributed by atoms with Crippen LogP contribution in [-0.4, -0.2) is 10.1 Å². The summed E-state index contributed by atoms with van der Waals surface area (Å²) in [4.78, 5) is 2.86. The topological polar surface area (TPSA) is 60.7 Å². The van der Waals surface area contributed by atoms with Gasteiger partial charge >= 0.3 is 0 Å². The minimum absolute atomic E-state index is 0.0127. The normalized spacial score (nSPS) is 11.6. The van der Waals surface area contributed by atoms with Gasteiger partial charge in [0.25, 0.3) is 0 Å². The molecule has 0 aliphatic rings. The van der Waals surface area contributed by atoms with Crippen LogP contribution >= 0.6 is 11.6 Å². The van der Waals surface area contributed by atoms with Gasteiger partial charge < -0.3 is 10.1 Å². The number of nitrogens with zero attached hydrogens (tertiary/aromatic N) is 2. The summed E-state index contributed by atoms with van der Waals surface area (Å²) in [5, 5.41) is 19.8. The van der Waals surface area contributed by atoms with Crippen molar-refractivity contribution in [2.75, 3.05) is 0 Å². The zero-order chi connectivity index (χ0) is 15.0. The number of hydrogen-bond donors (Lipinski definition) is 2. The number of halogens is 1. The first-order chi connectivity index (χ1) is 10.0. The van der Waals surface area contributed by atoms with Gasteiger partial charge in [-0.3, -0.25) is 0 Å². The molecule has 0 aliphatic heterocycles. The average molecular weight is 300 g/mol. The van der Waals surface area contributed by atoms with Gasteiger partial charge in [-0.1, -0.05) is 23.7 Å². The Morgan fingerprint density at radius 2 is 1.86 bits per heavy atom. The Hall–Kier alpha value is -2.33. The van der Waals surface area contributed by atoms with Crippen LogP contribution in [0.5, 0.6) is 5.88 Å². The first kappa shape index (κ1) is 13.6. The second-order valence-corrected chi connectivity index (χ2v) is 5.44. The molecule has 3 aromatic rings. The van der Waals surface area contributed by atoms with Crippen molar-refractivity contribution >= 4 is 33.9 Å². The fourth-order valence-electron chi connectivity index (χ4n) is 2.17. The van der Waals surface area contributed by atoms with Crippen LogP contribution in [-0.2, 0) is 0 Å². The van der Waals surface area contributed by atoms with Crippen LogP contribution in [0.4, 0.5) is 11.4 Å². The summed E-state index contributed by atoms with van der Waals surface area (Å²) >= 11 is 6.00. The zero-order valence-electron chi connectivity index (χ0n) is 11.7. The van der Waals surface area contributed by atoms with Crippen molar-refractivity contribution in [3.8, 4) is 5.88 Å². The van der Waals surface area contributed by atoms with Crippen molar-refractivity contribution in [3.63, 3.8) is 0 Å². The number of H-pyrrole nitrogens is 1. The Labute approximate surface area is 127 Å². The second kappa shape index (κ2) is 5.22. The first-order valence-electron chi connectivity index (χ1n) is 6.54. The number of benzene rings is 2. The number of hydrogen-bond acceptors (Lipinski definition) is 3. The molecule has 0 spiro atoms. The molecule has 2 aromatic carbocycles. The highest BCUT2D eigenvalue weighted by Gasteiger charge is 2.10. The smallest absolute Gasteiger partial charge is 0.218 e. The molecule has 0 atom stereocenters. The molecule has 5 heteroatoms. The van der Waals surface area contributed by atoms with Gasteiger partial charge in [-0.15, -0.1) is 5.11 Å². The van der Waals surface area contributed by atoms with Crippen molar-refractivity contribution < 1.29 is 5.11 Å².